The summed E-state index contributed by atoms with van der Waals surface area (Å²) in [5.41, 5.74) is 6.58. The third-order valence-corrected chi connectivity index (χ3v) is 4.64. The summed E-state index contributed by atoms with van der Waals surface area (Å²) < 4.78 is 32.5. The fraction of sp³-hybridized carbons (Fsp3) is 0.571. The van der Waals surface area contributed by atoms with Gasteiger partial charge in [-0.3, -0.25) is 0 Å². The zero-order valence-electron chi connectivity index (χ0n) is 12.5. The minimum atomic E-state index is -3.57. The summed E-state index contributed by atoms with van der Waals surface area (Å²) >= 11 is 0. The summed E-state index contributed by atoms with van der Waals surface area (Å²) in [5, 5.41) is 0. The van der Waals surface area contributed by atoms with Crippen molar-refractivity contribution in [2.24, 2.45) is 11.7 Å². The Hall–Kier alpha value is -0.950. The van der Waals surface area contributed by atoms with Gasteiger partial charge in [-0.05, 0) is 30.5 Å². The first-order chi connectivity index (χ1) is 9.27. The van der Waals surface area contributed by atoms with Crippen molar-refractivity contribution in [3.8, 4) is 0 Å². The highest BCUT2D eigenvalue weighted by Crippen LogP contribution is 2.17. The minimum Gasteiger partial charge on any atom is -0.383 e. The fourth-order valence-electron chi connectivity index (χ4n) is 1.77. The summed E-state index contributed by atoms with van der Waals surface area (Å²) in [4.78, 5) is 0.231. The predicted octanol–water partition coefficient (Wildman–Crippen LogP) is 1.66. The van der Waals surface area contributed by atoms with Crippen molar-refractivity contribution in [2.45, 2.75) is 37.8 Å². The van der Waals surface area contributed by atoms with E-state index in [0.29, 0.717) is 6.61 Å². The van der Waals surface area contributed by atoms with Crippen LogP contribution in [0.2, 0.25) is 0 Å². The molecule has 0 spiro atoms. The van der Waals surface area contributed by atoms with Crippen molar-refractivity contribution < 1.29 is 13.2 Å². The number of sulfonamides is 1. The van der Waals surface area contributed by atoms with E-state index in [0.717, 1.165) is 5.56 Å². The van der Waals surface area contributed by atoms with Gasteiger partial charge in [-0.25, -0.2) is 13.1 Å². The number of benzene rings is 1. The second-order valence-corrected chi connectivity index (χ2v) is 7.00. The first-order valence-corrected chi connectivity index (χ1v) is 8.13. The van der Waals surface area contributed by atoms with E-state index >= 15 is 0 Å². The zero-order chi connectivity index (χ0) is 15.3. The van der Waals surface area contributed by atoms with Crippen LogP contribution in [0.25, 0.3) is 0 Å². The summed E-state index contributed by atoms with van der Waals surface area (Å²) in [6, 6.07) is 6.23. The Bertz CT molecular complexity index is 527. The maximum Gasteiger partial charge on any atom is 0.240 e. The highest BCUT2D eigenvalue weighted by atomic mass is 32.2. The van der Waals surface area contributed by atoms with Crippen molar-refractivity contribution in [1.29, 1.82) is 0 Å². The first kappa shape index (κ1) is 17.1. The van der Waals surface area contributed by atoms with Crippen molar-refractivity contribution in [2.75, 3.05) is 13.7 Å². The molecular formula is C14H24N2O3S. The molecular weight excluding hydrogens is 276 g/mol. The molecule has 0 heterocycles. The quantitative estimate of drug-likeness (QED) is 0.802. The molecule has 114 valence electrons. The van der Waals surface area contributed by atoms with E-state index in [9.17, 15) is 8.42 Å². The summed E-state index contributed by atoms with van der Waals surface area (Å²) in [5.74, 6) is 0.140. The van der Waals surface area contributed by atoms with Gasteiger partial charge in [0.1, 0.15) is 0 Å². The van der Waals surface area contributed by atoms with Crippen molar-refractivity contribution in [1.82, 2.24) is 4.72 Å². The fourth-order valence-corrected chi connectivity index (χ4v) is 3.20. The molecule has 1 aromatic carbocycles. The van der Waals surface area contributed by atoms with Crippen LogP contribution in [0.4, 0.5) is 0 Å². The van der Waals surface area contributed by atoms with E-state index in [4.69, 9.17) is 10.5 Å². The Morgan fingerprint density at radius 2 is 1.95 bits per heavy atom. The molecule has 0 aliphatic rings. The average Bonchev–Trinajstić information content (AvgIpc) is 2.38. The topological polar surface area (TPSA) is 81.4 Å². The number of hydrogen-bond acceptors (Lipinski definition) is 4. The largest absolute Gasteiger partial charge is 0.383 e. The SMILES string of the molecule is COCC(NS(=O)(=O)c1cccc(C(C)N)c1)C(C)C. The number of hydrogen-bond donors (Lipinski definition) is 2. The number of ether oxygens (including phenoxy) is 1. The van der Waals surface area contributed by atoms with Crippen LogP contribution in [0.5, 0.6) is 0 Å². The summed E-state index contributed by atoms with van der Waals surface area (Å²) in [7, 11) is -2.01. The highest BCUT2D eigenvalue weighted by Gasteiger charge is 2.22. The molecule has 0 radical (unpaired) electrons. The molecule has 5 nitrogen and oxygen atoms in total. The van der Waals surface area contributed by atoms with Gasteiger partial charge in [0, 0.05) is 19.2 Å². The van der Waals surface area contributed by atoms with E-state index in [1.165, 1.54) is 0 Å². The monoisotopic (exact) mass is 300 g/mol. The molecule has 3 N–H and O–H groups in total. The minimum absolute atomic E-state index is 0.140. The van der Waals surface area contributed by atoms with E-state index in [2.05, 4.69) is 4.72 Å². The Morgan fingerprint density at radius 1 is 1.30 bits per heavy atom. The van der Waals surface area contributed by atoms with Crippen LogP contribution in [0.1, 0.15) is 32.4 Å². The number of nitrogens with one attached hydrogen (secondary N) is 1. The van der Waals surface area contributed by atoms with Gasteiger partial charge in [-0.15, -0.1) is 0 Å². The molecule has 1 rings (SSSR count). The molecule has 0 amide bonds. The Labute approximate surface area is 121 Å². The standard InChI is InChI=1S/C14H24N2O3S/c1-10(2)14(9-19-4)16-20(17,18)13-7-5-6-12(8-13)11(3)15/h5-8,10-11,14,16H,9,15H2,1-4H3. The molecule has 0 aromatic heterocycles. The lowest BCUT2D eigenvalue weighted by atomic mass is 10.1. The number of rotatable bonds is 7. The van der Waals surface area contributed by atoms with Gasteiger partial charge in [0.2, 0.25) is 10.0 Å². The summed E-state index contributed by atoms with van der Waals surface area (Å²) in [6.07, 6.45) is 0. The third-order valence-electron chi connectivity index (χ3n) is 3.15. The smallest absolute Gasteiger partial charge is 0.240 e. The van der Waals surface area contributed by atoms with Crippen LogP contribution in [-0.4, -0.2) is 28.2 Å². The maximum atomic E-state index is 12.4. The van der Waals surface area contributed by atoms with Crippen LogP contribution in [0.3, 0.4) is 0 Å². The van der Waals surface area contributed by atoms with Crippen LogP contribution in [0.15, 0.2) is 29.2 Å². The van der Waals surface area contributed by atoms with Gasteiger partial charge in [0.25, 0.3) is 0 Å². The molecule has 0 aliphatic heterocycles. The molecule has 1 aromatic rings. The van der Waals surface area contributed by atoms with E-state index in [1.54, 1.807) is 25.3 Å². The van der Waals surface area contributed by atoms with Gasteiger partial charge in [-0.1, -0.05) is 26.0 Å². The van der Waals surface area contributed by atoms with Gasteiger partial charge in [-0.2, -0.15) is 0 Å². The number of methoxy groups -OCH3 is 1. The van der Waals surface area contributed by atoms with Crippen molar-refractivity contribution >= 4 is 10.0 Å². The Kier molecular flexibility index (Phi) is 6.13. The molecule has 20 heavy (non-hydrogen) atoms. The lowest BCUT2D eigenvalue weighted by Crippen LogP contribution is -2.41. The van der Waals surface area contributed by atoms with Crippen molar-refractivity contribution in [3.63, 3.8) is 0 Å². The van der Waals surface area contributed by atoms with Crippen LogP contribution in [-0.2, 0) is 14.8 Å². The molecule has 0 saturated carbocycles. The molecule has 2 atom stereocenters. The van der Waals surface area contributed by atoms with Crippen LogP contribution < -0.4 is 10.5 Å². The molecule has 2 unspecified atom stereocenters. The van der Waals surface area contributed by atoms with Gasteiger partial charge in [0.05, 0.1) is 11.5 Å². The van der Waals surface area contributed by atoms with E-state index < -0.39 is 10.0 Å². The predicted molar refractivity (Wildman–Crippen MR) is 79.9 cm³/mol. The lowest BCUT2D eigenvalue weighted by molar-refractivity contribution is 0.157. The van der Waals surface area contributed by atoms with E-state index in [1.807, 2.05) is 26.8 Å². The maximum absolute atomic E-state index is 12.4. The second-order valence-electron chi connectivity index (χ2n) is 5.29. The third kappa shape index (κ3) is 4.56. The van der Waals surface area contributed by atoms with Crippen molar-refractivity contribution in [3.05, 3.63) is 29.8 Å². The molecule has 6 heteroatoms. The number of nitrogens with two attached hydrogens (primary N) is 1. The van der Waals surface area contributed by atoms with Gasteiger partial charge >= 0.3 is 0 Å². The molecule has 0 fully saturated rings. The summed E-state index contributed by atoms with van der Waals surface area (Å²) in [6.45, 7) is 6.06. The van der Waals surface area contributed by atoms with Gasteiger partial charge < -0.3 is 10.5 Å². The average molecular weight is 300 g/mol. The highest BCUT2D eigenvalue weighted by molar-refractivity contribution is 7.89. The normalized spacial score (nSPS) is 15.3. The van der Waals surface area contributed by atoms with Gasteiger partial charge in [0.15, 0.2) is 0 Å². The Balaban J connectivity index is 3.01. The van der Waals surface area contributed by atoms with E-state index in [-0.39, 0.29) is 22.9 Å². The molecule has 0 saturated heterocycles. The van der Waals surface area contributed by atoms with Crippen LogP contribution in [0, 0.1) is 5.92 Å². The molecule has 0 bridgehead atoms. The zero-order valence-corrected chi connectivity index (χ0v) is 13.3. The lowest BCUT2D eigenvalue weighted by Gasteiger charge is -2.21. The molecule has 0 aliphatic carbocycles. The first-order valence-electron chi connectivity index (χ1n) is 6.64. The Morgan fingerprint density at radius 3 is 2.45 bits per heavy atom. The van der Waals surface area contributed by atoms with Crippen LogP contribution >= 0.6 is 0 Å². The second kappa shape index (κ2) is 7.17.